The standard InChI is InChI=1S/C21H18N4O/c1-25(21(26)24-18-11-7-8-16(14-18)15-22)20(17-9-3-2-4-10-17)19-12-5-6-13-23-19/h2-14,20H,1H3,(H,24,26). The van der Waals surface area contributed by atoms with Crippen LogP contribution in [0.15, 0.2) is 79.0 Å². The lowest BCUT2D eigenvalue weighted by Gasteiger charge is -2.28. The van der Waals surface area contributed by atoms with E-state index in [1.54, 1.807) is 42.4 Å². The minimum atomic E-state index is -0.323. The highest BCUT2D eigenvalue weighted by atomic mass is 16.2. The number of carbonyl (C=O) groups is 1. The molecule has 0 bridgehead atoms. The van der Waals surface area contributed by atoms with Crippen molar-refractivity contribution >= 4 is 11.7 Å². The predicted octanol–water partition coefficient (Wildman–Crippen LogP) is 4.21. The SMILES string of the molecule is CN(C(=O)Nc1cccc(C#N)c1)C(c1ccccc1)c1ccccn1. The van der Waals surface area contributed by atoms with Crippen molar-refractivity contribution in [2.45, 2.75) is 6.04 Å². The van der Waals surface area contributed by atoms with Crippen LogP contribution in [0.5, 0.6) is 0 Å². The molecule has 0 fully saturated rings. The number of aromatic nitrogens is 1. The Bertz CT molecular complexity index is 880. The van der Waals surface area contributed by atoms with Gasteiger partial charge in [0.25, 0.3) is 0 Å². The fourth-order valence-electron chi connectivity index (χ4n) is 2.76. The maximum Gasteiger partial charge on any atom is 0.322 e. The van der Waals surface area contributed by atoms with Gasteiger partial charge in [0.15, 0.2) is 0 Å². The van der Waals surface area contributed by atoms with Gasteiger partial charge in [0.1, 0.15) is 6.04 Å². The Kier molecular flexibility index (Phi) is 5.25. The van der Waals surface area contributed by atoms with Gasteiger partial charge < -0.3 is 10.2 Å². The Labute approximate surface area is 152 Å². The maximum absolute atomic E-state index is 12.8. The van der Waals surface area contributed by atoms with Gasteiger partial charge in [0, 0.05) is 18.9 Å². The molecule has 0 saturated carbocycles. The second-order valence-electron chi connectivity index (χ2n) is 5.80. The van der Waals surface area contributed by atoms with Crippen molar-refractivity contribution in [2.75, 3.05) is 12.4 Å². The molecule has 3 aromatic rings. The highest BCUT2D eigenvalue weighted by molar-refractivity contribution is 5.89. The van der Waals surface area contributed by atoms with E-state index in [4.69, 9.17) is 5.26 Å². The maximum atomic E-state index is 12.8. The van der Waals surface area contributed by atoms with Crippen molar-refractivity contribution in [1.82, 2.24) is 9.88 Å². The molecule has 1 unspecified atom stereocenters. The average Bonchev–Trinajstić information content (AvgIpc) is 2.70. The zero-order valence-corrected chi connectivity index (χ0v) is 14.3. The van der Waals surface area contributed by atoms with Gasteiger partial charge in [-0.05, 0) is 35.9 Å². The number of nitrogens with zero attached hydrogens (tertiary/aromatic N) is 3. The summed E-state index contributed by atoms with van der Waals surface area (Å²) in [5.41, 5.74) is 2.82. The van der Waals surface area contributed by atoms with E-state index < -0.39 is 0 Å². The van der Waals surface area contributed by atoms with Crippen LogP contribution in [0.3, 0.4) is 0 Å². The zero-order chi connectivity index (χ0) is 18.4. The molecular formula is C21H18N4O. The van der Waals surface area contributed by atoms with E-state index in [1.165, 1.54) is 0 Å². The number of benzene rings is 2. The molecule has 0 aliphatic rings. The summed E-state index contributed by atoms with van der Waals surface area (Å²) < 4.78 is 0. The zero-order valence-electron chi connectivity index (χ0n) is 14.3. The molecule has 0 saturated heterocycles. The van der Waals surface area contributed by atoms with Crippen molar-refractivity contribution in [2.24, 2.45) is 0 Å². The summed E-state index contributed by atoms with van der Waals surface area (Å²) in [5, 5.41) is 11.9. The Morgan fingerprint density at radius 3 is 2.54 bits per heavy atom. The van der Waals surface area contributed by atoms with E-state index in [2.05, 4.69) is 16.4 Å². The van der Waals surface area contributed by atoms with E-state index in [-0.39, 0.29) is 12.1 Å². The molecule has 1 aromatic heterocycles. The third kappa shape index (κ3) is 3.87. The van der Waals surface area contributed by atoms with Crippen LogP contribution >= 0.6 is 0 Å². The lowest BCUT2D eigenvalue weighted by Crippen LogP contribution is -2.35. The van der Waals surface area contributed by atoms with Gasteiger partial charge in [-0.25, -0.2) is 4.79 Å². The first-order valence-electron chi connectivity index (χ1n) is 8.19. The number of carbonyl (C=O) groups excluding carboxylic acids is 1. The summed E-state index contributed by atoms with van der Waals surface area (Å²) in [6.07, 6.45) is 1.72. The molecule has 3 rings (SSSR count). The van der Waals surface area contributed by atoms with Crippen LogP contribution in [0.25, 0.3) is 0 Å². The summed E-state index contributed by atoms with van der Waals surface area (Å²) in [5.74, 6) is 0. The van der Waals surface area contributed by atoms with Gasteiger partial charge in [-0.15, -0.1) is 0 Å². The normalized spacial score (nSPS) is 11.2. The fraction of sp³-hybridized carbons (Fsp3) is 0.0952. The van der Waals surface area contributed by atoms with E-state index in [9.17, 15) is 4.79 Å². The third-order valence-electron chi connectivity index (χ3n) is 4.03. The molecule has 1 atom stereocenters. The minimum Gasteiger partial charge on any atom is -0.315 e. The number of urea groups is 1. The molecule has 128 valence electrons. The average molecular weight is 342 g/mol. The smallest absolute Gasteiger partial charge is 0.315 e. The molecule has 5 heteroatoms. The van der Waals surface area contributed by atoms with Crippen LogP contribution in [-0.2, 0) is 0 Å². The summed E-state index contributed by atoms with van der Waals surface area (Å²) in [7, 11) is 1.73. The predicted molar refractivity (Wildman–Crippen MR) is 100 cm³/mol. The first-order chi connectivity index (χ1) is 12.7. The van der Waals surface area contributed by atoms with Gasteiger partial charge in [-0.1, -0.05) is 42.5 Å². The lowest BCUT2D eigenvalue weighted by molar-refractivity contribution is 0.211. The van der Waals surface area contributed by atoms with E-state index in [0.29, 0.717) is 11.3 Å². The Balaban J connectivity index is 1.89. The minimum absolute atomic E-state index is 0.278. The van der Waals surface area contributed by atoms with Crippen LogP contribution in [0.2, 0.25) is 0 Å². The number of rotatable bonds is 4. The topological polar surface area (TPSA) is 69.0 Å². The van der Waals surface area contributed by atoms with Crippen LogP contribution in [0.1, 0.15) is 22.9 Å². The highest BCUT2D eigenvalue weighted by Gasteiger charge is 2.24. The largest absolute Gasteiger partial charge is 0.322 e. The van der Waals surface area contributed by atoms with Crippen LogP contribution < -0.4 is 5.32 Å². The fourth-order valence-corrected chi connectivity index (χ4v) is 2.76. The second kappa shape index (κ2) is 7.95. The van der Waals surface area contributed by atoms with Crippen molar-refractivity contribution < 1.29 is 4.79 Å². The number of nitrogens with one attached hydrogen (secondary N) is 1. The summed E-state index contributed by atoms with van der Waals surface area (Å²) in [6, 6.07) is 23.7. The van der Waals surface area contributed by atoms with Crippen molar-refractivity contribution in [1.29, 1.82) is 5.26 Å². The van der Waals surface area contributed by atoms with Gasteiger partial charge in [0.2, 0.25) is 0 Å². The molecule has 2 amide bonds. The third-order valence-corrected chi connectivity index (χ3v) is 4.03. The van der Waals surface area contributed by atoms with Crippen molar-refractivity contribution in [3.63, 3.8) is 0 Å². The van der Waals surface area contributed by atoms with Gasteiger partial charge >= 0.3 is 6.03 Å². The molecule has 1 heterocycles. The van der Waals surface area contributed by atoms with Crippen LogP contribution in [0.4, 0.5) is 10.5 Å². The number of anilines is 1. The number of hydrogen-bond acceptors (Lipinski definition) is 3. The van der Waals surface area contributed by atoms with E-state index in [1.807, 2.05) is 48.5 Å². The summed E-state index contributed by atoms with van der Waals surface area (Å²) in [6.45, 7) is 0. The summed E-state index contributed by atoms with van der Waals surface area (Å²) in [4.78, 5) is 18.8. The molecule has 0 aliphatic carbocycles. The molecule has 26 heavy (non-hydrogen) atoms. The summed E-state index contributed by atoms with van der Waals surface area (Å²) >= 11 is 0. The van der Waals surface area contributed by atoms with Crippen LogP contribution in [-0.4, -0.2) is 23.0 Å². The van der Waals surface area contributed by atoms with E-state index in [0.717, 1.165) is 11.3 Å². The molecule has 0 aliphatic heterocycles. The second-order valence-corrected chi connectivity index (χ2v) is 5.80. The van der Waals surface area contributed by atoms with Crippen molar-refractivity contribution in [3.05, 3.63) is 95.8 Å². The molecule has 2 aromatic carbocycles. The molecule has 5 nitrogen and oxygen atoms in total. The first kappa shape index (κ1) is 17.2. The lowest BCUT2D eigenvalue weighted by atomic mass is 10.0. The Morgan fingerprint density at radius 1 is 1.08 bits per heavy atom. The Hall–Kier alpha value is -3.65. The van der Waals surface area contributed by atoms with Crippen LogP contribution in [0, 0.1) is 11.3 Å². The van der Waals surface area contributed by atoms with Gasteiger partial charge in [-0.2, -0.15) is 5.26 Å². The quantitative estimate of drug-likeness (QED) is 0.772. The van der Waals surface area contributed by atoms with Gasteiger partial charge in [-0.3, -0.25) is 4.98 Å². The van der Waals surface area contributed by atoms with Crippen molar-refractivity contribution in [3.8, 4) is 6.07 Å². The highest BCUT2D eigenvalue weighted by Crippen LogP contribution is 2.26. The first-order valence-corrected chi connectivity index (χ1v) is 8.19. The number of nitriles is 1. The molecule has 0 spiro atoms. The molecule has 1 N–H and O–H groups in total. The Morgan fingerprint density at radius 2 is 1.85 bits per heavy atom. The number of hydrogen-bond donors (Lipinski definition) is 1. The molecular weight excluding hydrogens is 324 g/mol. The molecule has 0 radical (unpaired) electrons. The van der Waals surface area contributed by atoms with Gasteiger partial charge in [0.05, 0.1) is 17.3 Å². The number of amides is 2. The van der Waals surface area contributed by atoms with E-state index >= 15 is 0 Å². The number of pyridine rings is 1. The monoisotopic (exact) mass is 342 g/mol.